The summed E-state index contributed by atoms with van der Waals surface area (Å²) in [7, 11) is 0. The van der Waals surface area contributed by atoms with Crippen LogP contribution in [0.5, 0.6) is 0 Å². The number of para-hydroxylation sites is 4. The molecule has 0 spiro atoms. The molecule has 0 N–H and O–H groups in total. The van der Waals surface area contributed by atoms with E-state index in [1.807, 2.05) is 0 Å². The lowest BCUT2D eigenvalue weighted by molar-refractivity contribution is 1.05. The number of rotatable bonds is 11. The molecule has 5 heterocycles. The maximum atomic E-state index is 5.90. The first kappa shape index (κ1) is 60.5. The van der Waals surface area contributed by atoms with E-state index in [2.05, 4.69) is 380 Å². The highest BCUT2D eigenvalue weighted by Crippen LogP contribution is 2.46. The van der Waals surface area contributed by atoms with Crippen LogP contribution in [0, 0.1) is 27.7 Å². The monoisotopic (exact) mass is 1330 g/mol. The second-order valence-electron chi connectivity index (χ2n) is 27.7. The minimum atomic E-state index is 0.537. The number of benzene rings is 15. The van der Waals surface area contributed by atoms with E-state index in [9.17, 15) is 0 Å². The summed E-state index contributed by atoms with van der Waals surface area (Å²) < 4.78 is 9.75. The molecule has 20 rings (SSSR count). The van der Waals surface area contributed by atoms with Gasteiger partial charge in [0.05, 0.1) is 55.5 Å². The summed E-state index contributed by atoms with van der Waals surface area (Å²) in [4.78, 5) is 17.3. The van der Waals surface area contributed by atoms with Gasteiger partial charge in [0.1, 0.15) is 0 Å². The van der Waals surface area contributed by atoms with Gasteiger partial charge in [-0.1, -0.05) is 224 Å². The molecule has 0 fully saturated rings. The summed E-state index contributed by atoms with van der Waals surface area (Å²) >= 11 is 0. The molecule has 0 radical (unpaired) electrons. The summed E-state index contributed by atoms with van der Waals surface area (Å²) in [6.45, 7) is 8.78. The zero-order valence-electron chi connectivity index (χ0n) is 57.9. The zero-order valence-corrected chi connectivity index (χ0v) is 57.9. The molecule has 15 aromatic carbocycles. The predicted octanol–water partition coefficient (Wildman–Crippen LogP) is 25.2. The van der Waals surface area contributed by atoms with Gasteiger partial charge in [0.25, 0.3) is 0 Å². The van der Waals surface area contributed by atoms with Gasteiger partial charge >= 0.3 is 0 Å². The van der Waals surface area contributed by atoms with Crippen molar-refractivity contribution in [1.82, 2.24) is 33.2 Å². The summed E-state index contributed by atoms with van der Waals surface area (Å²) in [5.41, 5.74) is 29.7. The molecule has 0 atom stereocenters. The van der Waals surface area contributed by atoms with Crippen LogP contribution in [-0.4, -0.2) is 33.2 Å². The lowest BCUT2D eigenvalue weighted by Gasteiger charge is -2.19. The summed E-state index contributed by atoms with van der Waals surface area (Å²) in [5.74, 6) is 1.63. The van der Waals surface area contributed by atoms with Gasteiger partial charge < -0.3 is 18.3 Å². The molecule has 0 amide bonds. The maximum absolute atomic E-state index is 5.90. The van der Waals surface area contributed by atoms with Crippen LogP contribution < -0.4 is 0 Å². The Balaban J connectivity index is 0.863. The van der Waals surface area contributed by atoms with Gasteiger partial charge in [-0.2, -0.15) is 0 Å². The highest BCUT2D eigenvalue weighted by atomic mass is 15.1. The molecule has 0 unspecified atom stereocenters. The van der Waals surface area contributed by atoms with Gasteiger partial charge in [0.2, 0.25) is 0 Å². The van der Waals surface area contributed by atoms with Gasteiger partial charge in [0, 0.05) is 71.2 Å². The molecule has 0 aliphatic heterocycles. The molecule has 0 bridgehead atoms. The molecular weight excluding hydrogens is 1260 g/mol. The van der Waals surface area contributed by atoms with Crippen molar-refractivity contribution in [2.75, 3.05) is 0 Å². The summed E-state index contributed by atoms with van der Waals surface area (Å²) in [6, 6.07) is 122. The molecule has 490 valence electrons. The quantitative estimate of drug-likeness (QED) is 0.130. The van der Waals surface area contributed by atoms with Gasteiger partial charge in [-0.15, -0.1) is 0 Å². The molecule has 0 aliphatic carbocycles. The number of aromatic nitrogens is 7. The Morgan fingerprint density at radius 1 is 0.183 bits per heavy atom. The molecular formula is C97H67N7. The molecule has 0 saturated heterocycles. The van der Waals surface area contributed by atoms with E-state index in [0.29, 0.717) is 17.5 Å². The first-order valence-electron chi connectivity index (χ1n) is 35.7. The lowest BCUT2D eigenvalue weighted by Crippen LogP contribution is -2.07. The van der Waals surface area contributed by atoms with Crippen LogP contribution in [0.4, 0.5) is 0 Å². The van der Waals surface area contributed by atoms with Gasteiger partial charge in [-0.25, -0.2) is 15.0 Å². The van der Waals surface area contributed by atoms with E-state index >= 15 is 0 Å². The van der Waals surface area contributed by atoms with Crippen molar-refractivity contribution in [3.63, 3.8) is 0 Å². The Bertz CT molecular complexity index is 6520. The van der Waals surface area contributed by atoms with Crippen molar-refractivity contribution in [3.05, 3.63) is 356 Å². The minimum absolute atomic E-state index is 0.537. The van der Waals surface area contributed by atoms with Crippen LogP contribution in [-0.2, 0) is 0 Å². The highest BCUT2D eigenvalue weighted by Gasteiger charge is 2.27. The van der Waals surface area contributed by atoms with E-state index in [1.165, 1.54) is 88.3 Å². The third kappa shape index (κ3) is 9.69. The van der Waals surface area contributed by atoms with Crippen molar-refractivity contribution in [1.29, 1.82) is 0 Å². The predicted molar refractivity (Wildman–Crippen MR) is 434 cm³/mol. The summed E-state index contributed by atoms with van der Waals surface area (Å²) in [5, 5.41) is 9.32. The average Bonchev–Trinajstić information content (AvgIpc) is 1.56. The van der Waals surface area contributed by atoms with Crippen molar-refractivity contribution < 1.29 is 0 Å². The molecule has 0 saturated carbocycles. The van der Waals surface area contributed by atoms with E-state index in [-0.39, 0.29) is 0 Å². The third-order valence-corrected chi connectivity index (χ3v) is 21.6. The van der Waals surface area contributed by atoms with Gasteiger partial charge in [0.15, 0.2) is 17.5 Å². The first-order chi connectivity index (χ1) is 51.2. The Kier molecular flexibility index (Phi) is 14.0. The fourth-order valence-electron chi connectivity index (χ4n) is 16.6. The van der Waals surface area contributed by atoms with Crippen LogP contribution in [0.2, 0.25) is 0 Å². The number of hydrogen-bond donors (Lipinski definition) is 0. The van der Waals surface area contributed by atoms with E-state index < -0.39 is 0 Å². The Hall–Kier alpha value is -13.5. The SMILES string of the molecule is Cc1ccccc1-c1ccc2c(c1)c1ccccc1n2-c1ccc(-c2nc(-c3ccccc3)nc(-c3ccc(-n4c5ccccc5c5cc(-c6ccccc6C)ccc54)cc3-n3c4ccccc4c4cc(-c5ccccc5C)ccc43)n2)c(-n2c3ccccc3c3cc(-c4ccccc4C)ccc32)c1. The fraction of sp³-hybridized carbons (Fsp3) is 0.0412. The molecule has 7 heteroatoms. The Morgan fingerprint density at radius 2 is 0.452 bits per heavy atom. The standard InChI is InChI=1S/C97H67N7/c1-60-24-8-12-30-71(60)65-42-50-89-81(54-65)75-34-16-20-38-85(75)101(89)69-46-48-79(93(58-69)103-87-40-22-18-36-77(87)83-56-67(44-52-91(83)103)73-32-14-10-26-62(73)3)96-98-95(64-28-6-5-7-29-64)99-97(100-96)80-49-47-70(102-86-39-21-17-35-76(86)82-55-66(43-51-90(82)102)72-31-13-9-25-61(72)2)59-94(80)104-88-41-23-19-37-78(88)84-57-68(45-53-92(84)104)74-33-15-11-27-63(74)4/h5-59H,1-4H3. The Labute approximate surface area is 601 Å². The van der Waals surface area contributed by atoms with E-state index in [4.69, 9.17) is 15.0 Å². The van der Waals surface area contributed by atoms with Crippen molar-refractivity contribution in [2.45, 2.75) is 27.7 Å². The largest absolute Gasteiger partial charge is 0.309 e. The topological polar surface area (TPSA) is 58.4 Å². The summed E-state index contributed by atoms with van der Waals surface area (Å²) in [6.07, 6.45) is 0. The highest BCUT2D eigenvalue weighted by molar-refractivity contribution is 6.15. The van der Waals surface area contributed by atoms with Crippen molar-refractivity contribution >= 4 is 87.2 Å². The second-order valence-corrected chi connectivity index (χ2v) is 27.7. The lowest BCUT2D eigenvalue weighted by atomic mass is 9.99. The second kappa shape index (κ2) is 24.1. The average molecular weight is 1330 g/mol. The number of aryl methyl sites for hydroxylation is 4. The van der Waals surface area contributed by atoms with Gasteiger partial charge in [-0.3, -0.25) is 0 Å². The van der Waals surface area contributed by atoms with E-state index in [0.717, 1.165) is 105 Å². The Morgan fingerprint density at radius 3 is 0.788 bits per heavy atom. The van der Waals surface area contributed by atoms with Crippen LogP contribution in [0.1, 0.15) is 22.3 Å². The van der Waals surface area contributed by atoms with Crippen LogP contribution in [0.15, 0.2) is 334 Å². The normalized spacial score (nSPS) is 11.8. The smallest absolute Gasteiger partial charge is 0.166 e. The number of hydrogen-bond acceptors (Lipinski definition) is 3. The third-order valence-electron chi connectivity index (χ3n) is 21.6. The van der Waals surface area contributed by atoms with Crippen LogP contribution >= 0.6 is 0 Å². The maximum Gasteiger partial charge on any atom is 0.166 e. The molecule has 5 aromatic heterocycles. The molecule has 20 aromatic rings. The number of fused-ring (bicyclic) bond motifs is 12. The molecule has 104 heavy (non-hydrogen) atoms. The minimum Gasteiger partial charge on any atom is -0.309 e. The molecule has 7 nitrogen and oxygen atoms in total. The molecule has 0 aliphatic rings. The zero-order chi connectivity index (χ0) is 69.3. The van der Waals surface area contributed by atoms with Crippen molar-refractivity contribution in [3.8, 4) is 101 Å². The van der Waals surface area contributed by atoms with Crippen molar-refractivity contribution in [2.24, 2.45) is 0 Å². The van der Waals surface area contributed by atoms with Crippen LogP contribution in [0.3, 0.4) is 0 Å². The number of nitrogens with zero attached hydrogens (tertiary/aromatic N) is 7. The van der Waals surface area contributed by atoms with Gasteiger partial charge in [-0.05, 0) is 204 Å². The van der Waals surface area contributed by atoms with Crippen LogP contribution in [0.25, 0.3) is 189 Å². The fourth-order valence-corrected chi connectivity index (χ4v) is 16.6. The first-order valence-corrected chi connectivity index (χ1v) is 35.7. The van der Waals surface area contributed by atoms with E-state index in [1.54, 1.807) is 0 Å².